The number of rotatable bonds is 13. The third-order valence-corrected chi connectivity index (χ3v) is 6.58. The van der Waals surface area contributed by atoms with Gasteiger partial charge in [-0.2, -0.15) is 0 Å². The Morgan fingerprint density at radius 3 is 2.66 bits per heavy atom. The summed E-state index contributed by atoms with van der Waals surface area (Å²) in [4.78, 5) is 4.24. The molecule has 1 aliphatic rings. The predicted molar refractivity (Wildman–Crippen MR) is 112 cm³/mol. The van der Waals surface area contributed by atoms with Crippen LogP contribution in [-0.4, -0.2) is 89.8 Å². The van der Waals surface area contributed by atoms with Crippen molar-refractivity contribution >= 4 is 21.6 Å². The first-order valence-electron chi connectivity index (χ1n) is 9.69. The van der Waals surface area contributed by atoms with E-state index in [1.54, 1.807) is 34.7 Å². The van der Waals surface area contributed by atoms with Gasteiger partial charge >= 0.3 is 0 Å². The molecule has 10 heteroatoms. The van der Waals surface area contributed by atoms with Crippen LogP contribution in [-0.2, 0) is 18.9 Å². The van der Waals surface area contributed by atoms with Crippen LogP contribution in [0.5, 0.6) is 0 Å². The molecule has 2 rings (SSSR count). The van der Waals surface area contributed by atoms with E-state index < -0.39 is 24.1 Å². The van der Waals surface area contributed by atoms with Gasteiger partial charge in [0.15, 0.2) is 5.79 Å². The highest BCUT2D eigenvalue weighted by molar-refractivity contribution is 8.76. The Labute approximate surface area is 179 Å². The fourth-order valence-electron chi connectivity index (χ4n) is 2.76. The standard InChI is InChI=1S/C19H31NO7S2/c1-19(6-5-15(22)18(23)16(14-21)27-19)26-11-10-24-8-9-25-12-13-28-29-17-4-2-3-7-20-17/h2-4,7,15-16,18,21-23H,5-6,8-14H2,1H3/t15?,16-,18-,19?/m1/s1. The maximum absolute atomic E-state index is 9.92. The van der Waals surface area contributed by atoms with Crippen LogP contribution in [0.1, 0.15) is 19.8 Å². The molecule has 3 N–H and O–H groups in total. The van der Waals surface area contributed by atoms with E-state index in [4.69, 9.17) is 18.9 Å². The summed E-state index contributed by atoms with van der Waals surface area (Å²) in [6, 6.07) is 5.84. The number of aliphatic hydroxyl groups excluding tert-OH is 3. The number of ether oxygens (including phenoxy) is 4. The summed E-state index contributed by atoms with van der Waals surface area (Å²) in [6.45, 7) is 3.65. The van der Waals surface area contributed by atoms with E-state index in [0.29, 0.717) is 45.9 Å². The number of hydrogen-bond acceptors (Lipinski definition) is 10. The summed E-state index contributed by atoms with van der Waals surface area (Å²) in [5.41, 5.74) is 0. The lowest BCUT2D eigenvalue weighted by Crippen LogP contribution is -2.43. The van der Waals surface area contributed by atoms with Gasteiger partial charge in [-0.15, -0.1) is 0 Å². The zero-order chi connectivity index (χ0) is 21.0. The molecule has 0 spiro atoms. The minimum Gasteiger partial charge on any atom is -0.394 e. The van der Waals surface area contributed by atoms with E-state index in [1.165, 1.54) is 0 Å². The topological polar surface area (TPSA) is 111 Å². The van der Waals surface area contributed by atoms with Crippen molar-refractivity contribution in [3.63, 3.8) is 0 Å². The van der Waals surface area contributed by atoms with Gasteiger partial charge in [-0.25, -0.2) is 4.98 Å². The minimum atomic E-state index is -1.13. The molecule has 1 fully saturated rings. The van der Waals surface area contributed by atoms with Crippen molar-refractivity contribution in [2.24, 2.45) is 0 Å². The molecule has 166 valence electrons. The number of hydrogen-bond donors (Lipinski definition) is 3. The van der Waals surface area contributed by atoms with Gasteiger partial charge in [-0.1, -0.05) is 16.9 Å². The third-order valence-electron chi connectivity index (χ3n) is 4.35. The average Bonchev–Trinajstić information content (AvgIpc) is 2.84. The SMILES string of the molecule is CC1(OCCOCCOCCSSc2ccccn2)CCC(O)[C@@H](O)[C@@H](CO)O1. The molecule has 0 bridgehead atoms. The molecule has 1 aromatic heterocycles. The Morgan fingerprint density at radius 2 is 1.93 bits per heavy atom. The second-order valence-corrected chi connectivity index (χ2v) is 9.15. The van der Waals surface area contributed by atoms with Crippen molar-refractivity contribution in [3.05, 3.63) is 24.4 Å². The summed E-state index contributed by atoms with van der Waals surface area (Å²) >= 11 is 0. The molecule has 2 unspecified atom stereocenters. The minimum absolute atomic E-state index is 0.303. The van der Waals surface area contributed by atoms with Crippen LogP contribution < -0.4 is 0 Å². The first kappa shape index (κ1) is 24.8. The normalized spacial score (nSPS) is 27.7. The summed E-state index contributed by atoms with van der Waals surface area (Å²) in [5.74, 6) is -0.113. The fraction of sp³-hybridized carbons (Fsp3) is 0.737. The van der Waals surface area contributed by atoms with Crippen molar-refractivity contribution < 1.29 is 34.3 Å². The van der Waals surface area contributed by atoms with Gasteiger partial charge in [0.1, 0.15) is 17.2 Å². The summed E-state index contributed by atoms with van der Waals surface area (Å²) in [7, 11) is 3.33. The highest BCUT2D eigenvalue weighted by Gasteiger charge is 2.39. The van der Waals surface area contributed by atoms with Gasteiger partial charge in [-0.05, 0) is 36.3 Å². The van der Waals surface area contributed by atoms with Gasteiger partial charge in [0.25, 0.3) is 0 Å². The summed E-state index contributed by atoms with van der Waals surface area (Å²) in [6.07, 6.45) is -0.412. The molecule has 1 aromatic rings. The van der Waals surface area contributed by atoms with Crippen molar-refractivity contribution in [1.82, 2.24) is 4.98 Å². The largest absolute Gasteiger partial charge is 0.394 e. The van der Waals surface area contributed by atoms with E-state index in [2.05, 4.69) is 4.98 Å². The molecule has 0 aromatic carbocycles. The number of aliphatic hydroxyl groups is 3. The lowest BCUT2D eigenvalue weighted by molar-refractivity contribution is -0.266. The number of nitrogens with zero attached hydrogens (tertiary/aromatic N) is 1. The smallest absolute Gasteiger partial charge is 0.166 e. The molecule has 4 atom stereocenters. The van der Waals surface area contributed by atoms with Gasteiger partial charge in [0, 0.05) is 18.4 Å². The zero-order valence-electron chi connectivity index (χ0n) is 16.6. The Hall–Kier alpha value is -0.430. The van der Waals surface area contributed by atoms with Crippen molar-refractivity contribution in [2.75, 3.05) is 45.4 Å². The monoisotopic (exact) mass is 449 g/mol. The molecule has 0 saturated carbocycles. The van der Waals surface area contributed by atoms with Gasteiger partial charge < -0.3 is 34.3 Å². The van der Waals surface area contributed by atoms with E-state index in [9.17, 15) is 15.3 Å². The van der Waals surface area contributed by atoms with E-state index >= 15 is 0 Å². The maximum Gasteiger partial charge on any atom is 0.166 e. The van der Waals surface area contributed by atoms with Crippen LogP contribution in [0.25, 0.3) is 0 Å². The highest BCUT2D eigenvalue weighted by Crippen LogP contribution is 2.29. The average molecular weight is 450 g/mol. The summed E-state index contributed by atoms with van der Waals surface area (Å²) < 4.78 is 22.4. The van der Waals surface area contributed by atoms with E-state index in [1.807, 2.05) is 18.2 Å². The van der Waals surface area contributed by atoms with Crippen molar-refractivity contribution in [2.45, 2.75) is 48.9 Å². The third kappa shape index (κ3) is 9.50. The van der Waals surface area contributed by atoms with E-state index in [-0.39, 0.29) is 6.61 Å². The lowest BCUT2D eigenvalue weighted by atomic mass is 10.0. The molecule has 0 aliphatic carbocycles. The molecule has 8 nitrogen and oxygen atoms in total. The quantitative estimate of drug-likeness (QED) is 0.302. The zero-order valence-corrected chi connectivity index (χ0v) is 18.3. The molecule has 0 radical (unpaired) electrons. The van der Waals surface area contributed by atoms with Crippen LogP contribution in [0.3, 0.4) is 0 Å². The van der Waals surface area contributed by atoms with Gasteiger partial charge in [-0.3, -0.25) is 0 Å². The predicted octanol–water partition coefficient (Wildman–Crippen LogP) is 1.48. The first-order valence-corrected chi connectivity index (χ1v) is 12.0. The first-order chi connectivity index (χ1) is 14.0. The van der Waals surface area contributed by atoms with Crippen molar-refractivity contribution in [1.29, 1.82) is 0 Å². The second kappa shape index (κ2) is 13.8. The molecule has 2 heterocycles. The van der Waals surface area contributed by atoms with Crippen LogP contribution >= 0.6 is 21.6 Å². The Balaban J connectivity index is 1.47. The summed E-state index contributed by atoms with van der Waals surface area (Å²) in [5, 5.41) is 30.1. The molecule has 29 heavy (non-hydrogen) atoms. The molecule has 0 amide bonds. The van der Waals surface area contributed by atoms with Crippen molar-refractivity contribution in [3.8, 4) is 0 Å². The maximum atomic E-state index is 9.92. The molecule has 1 saturated heterocycles. The second-order valence-electron chi connectivity index (χ2n) is 6.72. The van der Waals surface area contributed by atoms with Gasteiger partial charge in [0.2, 0.25) is 0 Å². The van der Waals surface area contributed by atoms with Crippen LogP contribution in [0, 0.1) is 0 Å². The number of aromatic nitrogens is 1. The van der Waals surface area contributed by atoms with E-state index in [0.717, 1.165) is 10.8 Å². The Morgan fingerprint density at radius 1 is 1.17 bits per heavy atom. The molecule has 1 aliphatic heterocycles. The van der Waals surface area contributed by atoms with Gasteiger partial charge in [0.05, 0.1) is 45.7 Å². The van der Waals surface area contributed by atoms with Crippen LogP contribution in [0.15, 0.2) is 29.4 Å². The Bertz CT molecular complexity index is 557. The fourth-order valence-corrected chi connectivity index (χ4v) is 4.50. The highest BCUT2D eigenvalue weighted by atomic mass is 33.1. The molecular formula is C19H31NO7S2. The van der Waals surface area contributed by atoms with Crippen LogP contribution in [0.4, 0.5) is 0 Å². The Kier molecular flexibility index (Phi) is 11.8. The number of pyridine rings is 1. The van der Waals surface area contributed by atoms with Crippen LogP contribution in [0.2, 0.25) is 0 Å². The lowest BCUT2D eigenvalue weighted by Gasteiger charge is -2.32. The molecular weight excluding hydrogens is 418 g/mol.